The third-order valence-electron chi connectivity index (χ3n) is 5.84. The number of rotatable bonds is 4. The molecule has 3 aliphatic rings. The van der Waals surface area contributed by atoms with Crippen LogP contribution in [0.1, 0.15) is 32.1 Å². The molecule has 4 rings (SSSR count). The van der Waals surface area contributed by atoms with Crippen LogP contribution < -0.4 is 4.74 Å². The summed E-state index contributed by atoms with van der Waals surface area (Å²) in [5.41, 5.74) is 0. The van der Waals surface area contributed by atoms with Crippen molar-refractivity contribution in [2.45, 2.75) is 38.1 Å². The fraction of sp³-hybridized carbons (Fsp3) is 0.600. The van der Waals surface area contributed by atoms with E-state index in [1.165, 1.54) is 12.8 Å². The molecular weight excluding hydrogens is 316 g/mol. The number of nitrogens with zero attached hydrogens (tertiary/aromatic N) is 2. The number of fused-ring (bicyclic) bond motifs is 1. The second-order valence-corrected chi connectivity index (χ2v) is 7.56. The monoisotopic (exact) mass is 342 g/mol. The van der Waals surface area contributed by atoms with Gasteiger partial charge in [-0.1, -0.05) is 18.2 Å². The van der Waals surface area contributed by atoms with Gasteiger partial charge in [0.05, 0.1) is 0 Å². The zero-order valence-corrected chi connectivity index (χ0v) is 14.6. The van der Waals surface area contributed by atoms with Crippen LogP contribution in [0.2, 0.25) is 0 Å². The van der Waals surface area contributed by atoms with E-state index in [1.807, 2.05) is 35.2 Å². The quantitative estimate of drug-likeness (QED) is 0.844. The van der Waals surface area contributed by atoms with Crippen LogP contribution >= 0.6 is 0 Å². The molecule has 1 saturated carbocycles. The third-order valence-corrected chi connectivity index (χ3v) is 5.84. The molecule has 134 valence electrons. The summed E-state index contributed by atoms with van der Waals surface area (Å²) in [5.74, 6) is 2.00. The van der Waals surface area contributed by atoms with E-state index < -0.39 is 0 Å². The Morgan fingerprint density at radius 2 is 1.80 bits per heavy atom. The first-order chi connectivity index (χ1) is 12.2. The van der Waals surface area contributed by atoms with E-state index in [4.69, 9.17) is 4.74 Å². The molecule has 2 aliphatic heterocycles. The molecule has 1 aliphatic carbocycles. The molecule has 2 atom stereocenters. The first-order valence-corrected chi connectivity index (χ1v) is 9.46. The second-order valence-electron chi connectivity index (χ2n) is 7.56. The first kappa shape index (κ1) is 16.4. The highest BCUT2D eigenvalue weighted by Gasteiger charge is 2.40. The van der Waals surface area contributed by atoms with Crippen molar-refractivity contribution < 1.29 is 14.3 Å². The van der Waals surface area contributed by atoms with Gasteiger partial charge in [-0.3, -0.25) is 9.59 Å². The minimum Gasteiger partial charge on any atom is -0.484 e. The summed E-state index contributed by atoms with van der Waals surface area (Å²) in [7, 11) is 0. The number of carbonyl (C=O) groups excluding carboxylic acids is 2. The van der Waals surface area contributed by atoms with Gasteiger partial charge in [-0.15, -0.1) is 0 Å². The van der Waals surface area contributed by atoms with Crippen molar-refractivity contribution in [2.75, 3.05) is 26.2 Å². The summed E-state index contributed by atoms with van der Waals surface area (Å²) in [4.78, 5) is 29.0. The van der Waals surface area contributed by atoms with Crippen LogP contribution in [-0.4, -0.2) is 53.9 Å². The van der Waals surface area contributed by atoms with Gasteiger partial charge in [-0.2, -0.15) is 0 Å². The topological polar surface area (TPSA) is 49.9 Å². The van der Waals surface area contributed by atoms with Gasteiger partial charge in [0.15, 0.2) is 6.61 Å². The molecule has 3 fully saturated rings. The molecule has 0 N–H and O–H groups in total. The predicted molar refractivity (Wildman–Crippen MR) is 94.1 cm³/mol. The lowest BCUT2D eigenvalue weighted by molar-refractivity contribution is -0.136. The SMILES string of the molecule is O=C(COc1ccccc1)N1CC[C@@H]2CC(=O)N(C3CC3)CC[C@H]2C1. The van der Waals surface area contributed by atoms with Crippen molar-refractivity contribution >= 4 is 11.8 Å². The highest BCUT2D eigenvalue weighted by atomic mass is 16.5. The maximum atomic E-state index is 12.5. The predicted octanol–water partition coefficient (Wildman–Crippen LogP) is 2.31. The van der Waals surface area contributed by atoms with Gasteiger partial charge >= 0.3 is 0 Å². The average Bonchev–Trinajstić information content (AvgIpc) is 3.47. The van der Waals surface area contributed by atoms with E-state index in [1.54, 1.807) is 0 Å². The molecule has 0 spiro atoms. The highest BCUT2D eigenvalue weighted by molar-refractivity contribution is 5.79. The maximum absolute atomic E-state index is 12.5. The van der Waals surface area contributed by atoms with Crippen molar-refractivity contribution in [2.24, 2.45) is 11.8 Å². The number of ether oxygens (including phenoxy) is 1. The Bertz CT molecular complexity index is 629. The van der Waals surface area contributed by atoms with E-state index in [0.717, 1.165) is 38.2 Å². The number of benzene rings is 1. The summed E-state index contributed by atoms with van der Waals surface area (Å²) < 4.78 is 5.60. The normalized spacial score (nSPS) is 26.8. The van der Waals surface area contributed by atoms with Gasteiger partial charge in [-0.05, 0) is 49.7 Å². The lowest BCUT2D eigenvalue weighted by Crippen LogP contribution is -2.45. The van der Waals surface area contributed by atoms with E-state index in [9.17, 15) is 9.59 Å². The van der Waals surface area contributed by atoms with Crippen molar-refractivity contribution in [1.29, 1.82) is 0 Å². The number of amides is 2. The van der Waals surface area contributed by atoms with Crippen LogP contribution in [0.3, 0.4) is 0 Å². The Kier molecular flexibility index (Phi) is 4.64. The number of hydrogen-bond acceptors (Lipinski definition) is 3. The molecule has 2 amide bonds. The van der Waals surface area contributed by atoms with Crippen LogP contribution in [0.25, 0.3) is 0 Å². The zero-order valence-electron chi connectivity index (χ0n) is 14.6. The van der Waals surface area contributed by atoms with Crippen LogP contribution in [0, 0.1) is 11.8 Å². The Morgan fingerprint density at radius 1 is 1.04 bits per heavy atom. The number of para-hydroxylation sites is 1. The van der Waals surface area contributed by atoms with Gasteiger partial charge < -0.3 is 14.5 Å². The average molecular weight is 342 g/mol. The summed E-state index contributed by atoms with van der Waals surface area (Å²) >= 11 is 0. The van der Waals surface area contributed by atoms with E-state index in [-0.39, 0.29) is 12.5 Å². The Balaban J connectivity index is 1.32. The highest BCUT2D eigenvalue weighted by Crippen LogP contribution is 2.36. The van der Waals surface area contributed by atoms with Gasteiger partial charge in [0.2, 0.25) is 5.91 Å². The molecule has 5 heteroatoms. The minimum atomic E-state index is 0.0527. The van der Waals surface area contributed by atoms with Crippen molar-refractivity contribution in [3.63, 3.8) is 0 Å². The Hall–Kier alpha value is -2.04. The van der Waals surface area contributed by atoms with Crippen molar-refractivity contribution in [1.82, 2.24) is 9.80 Å². The number of hydrogen-bond donors (Lipinski definition) is 0. The number of piperidine rings is 1. The molecule has 0 bridgehead atoms. The van der Waals surface area contributed by atoms with Crippen molar-refractivity contribution in [3.05, 3.63) is 30.3 Å². The lowest BCUT2D eigenvalue weighted by Gasteiger charge is -2.37. The molecule has 2 saturated heterocycles. The maximum Gasteiger partial charge on any atom is 0.260 e. The van der Waals surface area contributed by atoms with E-state index in [2.05, 4.69) is 4.90 Å². The molecular formula is C20H26N2O3. The van der Waals surface area contributed by atoms with Gasteiger partial charge in [0.25, 0.3) is 5.91 Å². The largest absolute Gasteiger partial charge is 0.484 e. The summed E-state index contributed by atoms with van der Waals surface area (Å²) in [6.45, 7) is 2.48. The van der Waals surface area contributed by atoms with Crippen LogP contribution in [-0.2, 0) is 9.59 Å². The molecule has 1 aromatic rings. The van der Waals surface area contributed by atoms with Crippen LogP contribution in [0.4, 0.5) is 0 Å². The lowest BCUT2D eigenvalue weighted by atomic mass is 9.82. The molecule has 2 heterocycles. The Morgan fingerprint density at radius 3 is 2.56 bits per heavy atom. The summed E-state index contributed by atoms with van der Waals surface area (Å²) in [6, 6.07) is 9.97. The Labute approximate surface area is 148 Å². The smallest absolute Gasteiger partial charge is 0.260 e. The van der Waals surface area contributed by atoms with E-state index >= 15 is 0 Å². The molecule has 5 nitrogen and oxygen atoms in total. The number of carbonyl (C=O) groups is 2. The fourth-order valence-corrected chi connectivity index (χ4v) is 4.20. The first-order valence-electron chi connectivity index (χ1n) is 9.46. The van der Waals surface area contributed by atoms with Gasteiger partial charge in [0, 0.05) is 32.1 Å². The molecule has 0 aromatic heterocycles. The van der Waals surface area contributed by atoms with Crippen LogP contribution in [0.15, 0.2) is 30.3 Å². The standard InChI is InChI=1S/C20H26N2O3/c23-19-12-15-8-10-21(13-16(15)9-11-22(19)17-6-7-17)20(24)14-25-18-4-2-1-3-5-18/h1-5,15-17H,6-14H2/t15-,16+/m1/s1. The summed E-state index contributed by atoms with van der Waals surface area (Å²) in [6.07, 6.45) is 4.97. The van der Waals surface area contributed by atoms with E-state index in [0.29, 0.717) is 30.2 Å². The molecule has 0 unspecified atom stereocenters. The van der Waals surface area contributed by atoms with Crippen LogP contribution in [0.5, 0.6) is 5.75 Å². The third kappa shape index (κ3) is 3.80. The molecule has 0 radical (unpaired) electrons. The van der Waals surface area contributed by atoms with Gasteiger partial charge in [-0.25, -0.2) is 0 Å². The van der Waals surface area contributed by atoms with Crippen molar-refractivity contribution in [3.8, 4) is 5.75 Å². The number of likely N-dealkylation sites (tertiary alicyclic amines) is 2. The molecule has 1 aromatic carbocycles. The summed E-state index contributed by atoms with van der Waals surface area (Å²) in [5, 5.41) is 0. The fourth-order valence-electron chi connectivity index (χ4n) is 4.20. The van der Waals surface area contributed by atoms with Gasteiger partial charge in [0.1, 0.15) is 5.75 Å². The zero-order chi connectivity index (χ0) is 17.2. The molecule has 25 heavy (non-hydrogen) atoms. The minimum absolute atomic E-state index is 0.0527. The second kappa shape index (κ2) is 7.06.